The quantitative estimate of drug-likeness (QED) is 0.831. The third kappa shape index (κ3) is 2.40. The van der Waals surface area contributed by atoms with Crippen LogP contribution < -0.4 is 9.80 Å². The summed E-state index contributed by atoms with van der Waals surface area (Å²) >= 11 is 1.95. The molecule has 2 aromatic rings. The van der Waals surface area contributed by atoms with Crippen molar-refractivity contribution in [3.05, 3.63) is 0 Å². The molecular formula is C12H16N6O2S. The van der Waals surface area contributed by atoms with Gasteiger partial charge >= 0.3 is 0 Å². The molecule has 2 aliphatic heterocycles. The molecule has 112 valence electrons. The summed E-state index contributed by atoms with van der Waals surface area (Å²) in [5, 5.41) is 17.4. The largest absolute Gasteiger partial charge is 0.391 e. The fraction of sp³-hybridized carbons (Fsp3) is 0.667. The Bertz CT molecular complexity index is 605. The maximum absolute atomic E-state index is 9.78. The summed E-state index contributed by atoms with van der Waals surface area (Å²) in [4.78, 5) is 13.5. The zero-order valence-corrected chi connectivity index (χ0v) is 12.3. The maximum Gasteiger partial charge on any atom is 0.245 e. The van der Waals surface area contributed by atoms with E-state index in [2.05, 4.69) is 30.1 Å². The van der Waals surface area contributed by atoms with Gasteiger partial charge in [0.15, 0.2) is 11.6 Å². The molecule has 0 aromatic carbocycles. The highest BCUT2D eigenvalue weighted by Gasteiger charge is 2.28. The van der Waals surface area contributed by atoms with E-state index in [1.54, 1.807) is 0 Å². The molecule has 1 atom stereocenters. The van der Waals surface area contributed by atoms with Gasteiger partial charge in [-0.25, -0.2) is 14.6 Å². The van der Waals surface area contributed by atoms with Crippen molar-refractivity contribution in [3.8, 4) is 0 Å². The molecular weight excluding hydrogens is 292 g/mol. The van der Waals surface area contributed by atoms with Crippen molar-refractivity contribution in [2.75, 3.05) is 47.5 Å². The first-order valence-corrected chi connectivity index (χ1v) is 8.23. The van der Waals surface area contributed by atoms with Gasteiger partial charge in [0, 0.05) is 37.7 Å². The van der Waals surface area contributed by atoms with E-state index < -0.39 is 0 Å². The highest BCUT2D eigenvalue weighted by atomic mass is 32.2. The Morgan fingerprint density at radius 3 is 2.29 bits per heavy atom. The van der Waals surface area contributed by atoms with Crippen LogP contribution in [-0.2, 0) is 0 Å². The van der Waals surface area contributed by atoms with Gasteiger partial charge in [0.25, 0.3) is 0 Å². The lowest BCUT2D eigenvalue weighted by Gasteiger charge is -2.30. The first-order chi connectivity index (χ1) is 10.3. The first kappa shape index (κ1) is 13.1. The molecule has 4 heterocycles. The Hall–Kier alpha value is -1.61. The molecule has 0 aliphatic carbocycles. The van der Waals surface area contributed by atoms with Crippen molar-refractivity contribution >= 4 is 34.7 Å². The Kier molecular flexibility index (Phi) is 3.30. The molecule has 2 fully saturated rings. The fourth-order valence-electron chi connectivity index (χ4n) is 2.75. The minimum absolute atomic E-state index is 0.303. The lowest BCUT2D eigenvalue weighted by atomic mass is 10.3. The Labute approximate surface area is 125 Å². The predicted molar refractivity (Wildman–Crippen MR) is 79.8 cm³/mol. The number of nitrogens with zero attached hydrogens (tertiary/aromatic N) is 6. The molecule has 4 rings (SSSR count). The van der Waals surface area contributed by atoms with Gasteiger partial charge in [-0.15, -0.1) is 0 Å². The molecule has 2 aliphatic rings. The Morgan fingerprint density at radius 1 is 1.00 bits per heavy atom. The highest BCUT2D eigenvalue weighted by Crippen LogP contribution is 2.31. The molecule has 0 saturated carbocycles. The molecule has 1 N–H and O–H groups in total. The molecule has 2 aromatic heterocycles. The monoisotopic (exact) mass is 308 g/mol. The lowest BCUT2D eigenvalue weighted by molar-refractivity contribution is 0.198. The number of aliphatic hydroxyl groups excluding tert-OH is 1. The van der Waals surface area contributed by atoms with Gasteiger partial charge in [-0.3, -0.25) is 0 Å². The topological polar surface area (TPSA) is 91.4 Å². The molecule has 0 radical (unpaired) electrons. The molecule has 0 bridgehead atoms. The van der Waals surface area contributed by atoms with E-state index in [0.717, 1.165) is 49.2 Å². The second kappa shape index (κ2) is 5.30. The minimum Gasteiger partial charge on any atom is -0.391 e. The predicted octanol–water partition coefficient (Wildman–Crippen LogP) is 0.137. The summed E-state index contributed by atoms with van der Waals surface area (Å²) in [6.07, 6.45) is 0.453. The minimum atomic E-state index is -0.303. The van der Waals surface area contributed by atoms with Crippen LogP contribution in [0.4, 0.5) is 11.6 Å². The third-order valence-electron chi connectivity index (χ3n) is 3.85. The number of thioether (sulfide) groups is 1. The van der Waals surface area contributed by atoms with Gasteiger partial charge in [0.05, 0.1) is 6.10 Å². The Balaban J connectivity index is 1.77. The van der Waals surface area contributed by atoms with E-state index in [-0.39, 0.29) is 6.10 Å². The Morgan fingerprint density at radius 2 is 1.67 bits per heavy atom. The molecule has 2 saturated heterocycles. The van der Waals surface area contributed by atoms with Crippen molar-refractivity contribution in [2.45, 2.75) is 12.5 Å². The normalized spacial score (nSPS) is 23.2. The van der Waals surface area contributed by atoms with Crippen molar-refractivity contribution in [1.29, 1.82) is 0 Å². The molecule has 0 unspecified atom stereocenters. The summed E-state index contributed by atoms with van der Waals surface area (Å²) in [6.45, 7) is 3.25. The van der Waals surface area contributed by atoms with Crippen LogP contribution in [0.1, 0.15) is 6.42 Å². The van der Waals surface area contributed by atoms with Crippen LogP contribution in [0.3, 0.4) is 0 Å². The average molecular weight is 308 g/mol. The maximum atomic E-state index is 9.78. The second-order valence-electron chi connectivity index (χ2n) is 5.27. The molecule has 8 nitrogen and oxygen atoms in total. The van der Waals surface area contributed by atoms with Gasteiger partial charge in [-0.05, 0) is 16.7 Å². The first-order valence-electron chi connectivity index (χ1n) is 7.07. The van der Waals surface area contributed by atoms with Crippen LogP contribution in [0, 0.1) is 0 Å². The number of hydrogen-bond acceptors (Lipinski definition) is 9. The number of rotatable bonds is 2. The van der Waals surface area contributed by atoms with Gasteiger partial charge in [-0.2, -0.15) is 11.8 Å². The zero-order chi connectivity index (χ0) is 14.2. The van der Waals surface area contributed by atoms with E-state index in [4.69, 9.17) is 4.63 Å². The van der Waals surface area contributed by atoms with Crippen molar-refractivity contribution in [3.63, 3.8) is 0 Å². The molecule has 9 heteroatoms. The number of aromatic nitrogens is 4. The number of β-amino-alcohol motifs (C(OH)–C–C–N with tert-alkyl or cyclic N) is 1. The highest BCUT2D eigenvalue weighted by molar-refractivity contribution is 7.99. The number of anilines is 2. The van der Waals surface area contributed by atoms with Gasteiger partial charge in [0.1, 0.15) is 0 Å². The van der Waals surface area contributed by atoms with Crippen LogP contribution in [0.15, 0.2) is 4.63 Å². The number of fused-ring (bicyclic) bond motifs is 1. The van der Waals surface area contributed by atoms with Crippen LogP contribution >= 0.6 is 11.8 Å². The van der Waals surface area contributed by atoms with Crippen molar-refractivity contribution < 1.29 is 9.74 Å². The van der Waals surface area contributed by atoms with E-state index in [9.17, 15) is 5.11 Å². The second-order valence-corrected chi connectivity index (χ2v) is 6.49. The molecule has 0 spiro atoms. The molecule has 0 amide bonds. The van der Waals surface area contributed by atoms with Crippen LogP contribution in [0.25, 0.3) is 11.3 Å². The van der Waals surface area contributed by atoms with Crippen molar-refractivity contribution in [1.82, 2.24) is 20.3 Å². The summed E-state index contributed by atoms with van der Waals surface area (Å²) in [5.74, 6) is 3.77. The SMILES string of the molecule is O[C@@H]1CCN(c2nc3nonc3nc2N2CCSCC2)C1. The summed E-state index contributed by atoms with van der Waals surface area (Å²) in [7, 11) is 0. The third-order valence-corrected chi connectivity index (χ3v) is 4.79. The van der Waals surface area contributed by atoms with Crippen molar-refractivity contribution in [2.24, 2.45) is 0 Å². The summed E-state index contributed by atoms with van der Waals surface area (Å²) in [5.41, 5.74) is 0.855. The van der Waals surface area contributed by atoms with Gasteiger partial charge < -0.3 is 14.9 Å². The van der Waals surface area contributed by atoms with E-state index in [0.29, 0.717) is 17.8 Å². The summed E-state index contributed by atoms with van der Waals surface area (Å²) < 4.78 is 4.73. The molecule has 21 heavy (non-hydrogen) atoms. The summed E-state index contributed by atoms with van der Waals surface area (Å²) in [6, 6.07) is 0. The number of hydrogen-bond donors (Lipinski definition) is 1. The van der Waals surface area contributed by atoms with E-state index in [1.807, 2.05) is 11.8 Å². The zero-order valence-electron chi connectivity index (χ0n) is 11.5. The van der Waals surface area contributed by atoms with Crippen LogP contribution in [0.2, 0.25) is 0 Å². The van der Waals surface area contributed by atoms with Gasteiger partial charge in [-0.1, -0.05) is 0 Å². The smallest absolute Gasteiger partial charge is 0.245 e. The number of aliphatic hydroxyl groups is 1. The van der Waals surface area contributed by atoms with Crippen LogP contribution in [-0.4, -0.2) is 69.2 Å². The van der Waals surface area contributed by atoms with Crippen LogP contribution in [0.5, 0.6) is 0 Å². The fourth-order valence-corrected chi connectivity index (χ4v) is 3.66. The standard InChI is InChI=1S/C12H16N6O2S/c19-8-1-2-18(7-8)12-11(17-3-5-21-6-4-17)13-9-10(14-12)16-20-15-9/h8,19H,1-7H2/t8-/m1/s1. The van der Waals surface area contributed by atoms with E-state index in [1.165, 1.54) is 0 Å². The lowest BCUT2D eigenvalue weighted by Crippen LogP contribution is -2.35. The van der Waals surface area contributed by atoms with E-state index >= 15 is 0 Å². The average Bonchev–Trinajstić information content (AvgIpc) is 3.15. The van der Waals surface area contributed by atoms with Gasteiger partial charge in [0.2, 0.25) is 11.3 Å².